The van der Waals surface area contributed by atoms with Gasteiger partial charge in [-0.3, -0.25) is 4.79 Å². The fraction of sp³-hybridized carbons (Fsp3) is 0.421. The molecule has 1 aromatic carbocycles. The number of benzene rings is 1. The molecule has 0 unspecified atom stereocenters. The smallest absolute Gasteiger partial charge is 0.254 e. The Hall–Kier alpha value is -2.67. The molecule has 1 aliphatic carbocycles. The quantitative estimate of drug-likeness (QED) is 0.730. The van der Waals surface area contributed by atoms with Crippen molar-refractivity contribution >= 4 is 11.9 Å². The van der Waals surface area contributed by atoms with Gasteiger partial charge in [0.05, 0.1) is 11.7 Å². The Morgan fingerprint density at radius 1 is 1.23 bits per heavy atom. The maximum atomic E-state index is 12.2. The lowest BCUT2D eigenvalue weighted by atomic mass is 10.1. The zero-order valence-electron chi connectivity index (χ0n) is 15.0. The van der Waals surface area contributed by atoms with E-state index in [4.69, 9.17) is 4.74 Å². The van der Waals surface area contributed by atoms with Crippen LogP contribution in [0, 0.1) is 12.8 Å². The number of aromatic nitrogens is 2. The van der Waals surface area contributed by atoms with Gasteiger partial charge < -0.3 is 20.5 Å². The molecule has 1 saturated carbocycles. The van der Waals surface area contributed by atoms with E-state index in [-0.39, 0.29) is 17.9 Å². The first-order chi connectivity index (χ1) is 12.6. The zero-order valence-corrected chi connectivity index (χ0v) is 15.0. The van der Waals surface area contributed by atoms with Crippen molar-refractivity contribution < 1.29 is 14.6 Å². The van der Waals surface area contributed by atoms with Gasteiger partial charge in [0.2, 0.25) is 5.95 Å². The number of ether oxygens (including phenoxy) is 1. The molecule has 0 bridgehead atoms. The van der Waals surface area contributed by atoms with Crippen LogP contribution >= 0.6 is 0 Å². The van der Waals surface area contributed by atoms with Crippen LogP contribution in [0.1, 0.15) is 28.8 Å². The molecule has 3 rings (SSSR count). The summed E-state index contributed by atoms with van der Waals surface area (Å²) in [5.41, 5.74) is 1.56. The van der Waals surface area contributed by atoms with Crippen LogP contribution in [0.3, 0.4) is 0 Å². The van der Waals surface area contributed by atoms with Gasteiger partial charge in [0, 0.05) is 31.9 Å². The average molecular weight is 356 g/mol. The molecule has 1 aliphatic rings. The van der Waals surface area contributed by atoms with Crippen molar-refractivity contribution in [3.8, 4) is 5.75 Å². The second kappa shape index (κ2) is 8.14. The minimum atomic E-state index is -0.612. The van der Waals surface area contributed by atoms with Gasteiger partial charge in [0.15, 0.2) is 0 Å². The third-order valence-electron chi connectivity index (χ3n) is 4.66. The topological polar surface area (TPSA) is 96.4 Å². The maximum Gasteiger partial charge on any atom is 0.254 e. The number of aryl methyl sites for hydroxylation is 1. The Morgan fingerprint density at radius 3 is 2.58 bits per heavy atom. The monoisotopic (exact) mass is 356 g/mol. The number of anilines is 1. The molecule has 138 valence electrons. The second-order valence-corrected chi connectivity index (χ2v) is 6.55. The highest BCUT2D eigenvalue weighted by molar-refractivity contribution is 5.93. The standard InChI is InChI=1S/C19H24N4O3/c1-12-3-6-15(7-4-12)26-16-8-5-13(17(16)24)9-21-18(25)14-10-22-19(20-2)23-11-14/h3-4,6-7,10-11,13,16-17,24H,5,8-9H2,1-2H3,(H,21,25)(H,20,22,23)/t13-,16-,17-/m1/s1. The van der Waals surface area contributed by atoms with E-state index in [1.807, 2.05) is 31.2 Å². The summed E-state index contributed by atoms with van der Waals surface area (Å²) in [6.07, 6.45) is 3.64. The molecule has 3 N–H and O–H groups in total. The van der Waals surface area contributed by atoms with Gasteiger partial charge in [-0.25, -0.2) is 9.97 Å². The highest BCUT2D eigenvalue weighted by Crippen LogP contribution is 2.29. The molecule has 0 saturated heterocycles. The molecule has 1 amide bonds. The summed E-state index contributed by atoms with van der Waals surface area (Å²) in [6.45, 7) is 2.41. The minimum absolute atomic E-state index is 0.0353. The van der Waals surface area contributed by atoms with E-state index in [0.717, 1.165) is 24.2 Å². The van der Waals surface area contributed by atoms with E-state index in [9.17, 15) is 9.90 Å². The van der Waals surface area contributed by atoms with Crippen LogP contribution in [0.25, 0.3) is 0 Å². The lowest BCUT2D eigenvalue weighted by molar-refractivity contribution is 0.0348. The van der Waals surface area contributed by atoms with Gasteiger partial charge in [-0.05, 0) is 31.9 Å². The molecule has 2 aromatic rings. The molecule has 7 heteroatoms. The molecular formula is C19H24N4O3. The van der Waals surface area contributed by atoms with Crippen molar-refractivity contribution in [2.75, 3.05) is 18.9 Å². The fourth-order valence-electron chi connectivity index (χ4n) is 3.07. The normalized spacial score (nSPS) is 22.0. The van der Waals surface area contributed by atoms with Crippen molar-refractivity contribution in [1.82, 2.24) is 15.3 Å². The SMILES string of the molecule is CNc1ncc(C(=O)NC[C@H]2CC[C@@H](Oc3ccc(C)cc3)[C@@H]2O)cn1. The summed E-state index contributed by atoms with van der Waals surface area (Å²) >= 11 is 0. The highest BCUT2D eigenvalue weighted by atomic mass is 16.5. The second-order valence-electron chi connectivity index (χ2n) is 6.55. The largest absolute Gasteiger partial charge is 0.488 e. The van der Waals surface area contributed by atoms with Gasteiger partial charge in [-0.2, -0.15) is 0 Å². The van der Waals surface area contributed by atoms with Crippen molar-refractivity contribution in [2.24, 2.45) is 5.92 Å². The lowest BCUT2D eigenvalue weighted by Gasteiger charge is -2.21. The van der Waals surface area contributed by atoms with Crippen LogP contribution in [0.5, 0.6) is 5.75 Å². The van der Waals surface area contributed by atoms with Crippen LogP contribution in [-0.2, 0) is 0 Å². The van der Waals surface area contributed by atoms with E-state index >= 15 is 0 Å². The van der Waals surface area contributed by atoms with Gasteiger partial charge in [0.1, 0.15) is 11.9 Å². The number of hydrogen-bond donors (Lipinski definition) is 3. The van der Waals surface area contributed by atoms with E-state index in [2.05, 4.69) is 20.6 Å². The predicted octanol–water partition coefficient (Wildman–Crippen LogP) is 1.78. The van der Waals surface area contributed by atoms with Crippen LogP contribution in [0.2, 0.25) is 0 Å². The molecule has 0 aliphatic heterocycles. The van der Waals surface area contributed by atoms with Gasteiger partial charge in [-0.15, -0.1) is 0 Å². The Morgan fingerprint density at radius 2 is 1.92 bits per heavy atom. The molecule has 0 radical (unpaired) electrons. The van der Waals surface area contributed by atoms with Crippen molar-refractivity contribution in [3.05, 3.63) is 47.8 Å². The molecule has 1 heterocycles. The van der Waals surface area contributed by atoms with Crippen LogP contribution in [0.15, 0.2) is 36.7 Å². The Balaban J connectivity index is 1.50. The number of rotatable bonds is 6. The van der Waals surface area contributed by atoms with Gasteiger partial charge >= 0.3 is 0 Å². The van der Waals surface area contributed by atoms with E-state index < -0.39 is 6.10 Å². The molecule has 26 heavy (non-hydrogen) atoms. The van der Waals surface area contributed by atoms with Crippen molar-refractivity contribution in [2.45, 2.75) is 32.0 Å². The Bertz CT molecular complexity index is 733. The number of aliphatic hydroxyl groups is 1. The number of carbonyl (C=O) groups is 1. The number of nitrogens with one attached hydrogen (secondary N) is 2. The van der Waals surface area contributed by atoms with E-state index in [1.54, 1.807) is 7.05 Å². The first-order valence-electron chi connectivity index (χ1n) is 8.76. The molecule has 0 spiro atoms. The Labute approximate surface area is 152 Å². The number of nitrogens with zero attached hydrogens (tertiary/aromatic N) is 2. The van der Waals surface area contributed by atoms with Gasteiger partial charge in [0.25, 0.3) is 5.91 Å². The number of amides is 1. The number of aliphatic hydroxyl groups excluding tert-OH is 1. The maximum absolute atomic E-state index is 12.2. The van der Waals surface area contributed by atoms with Crippen molar-refractivity contribution in [3.63, 3.8) is 0 Å². The van der Waals surface area contributed by atoms with Crippen molar-refractivity contribution in [1.29, 1.82) is 0 Å². The summed E-state index contributed by atoms with van der Waals surface area (Å²) < 4.78 is 5.90. The molecule has 7 nitrogen and oxygen atoms in total. The van der Waals surface area contributed by atoms with E-state index in [1.165, 1.54) is 12.4 Å². The summed E-state index contributed by atoms with van der Waals surface area (Å²) in [5, 5.41) is 16.2. The van der Waals surface area contributed by atoms with Crippen LogP contribution in [-0.4, -0.2) is 46.8 Å². The fourth-order valence-corrected chi connectivity index (χ4v) is 3.07. The average Bonchev–Trinajstić information content (AvgIpc) is 3.01. The molecule has 3 atom stereocenters. The first kappa shape index (κ1) is 18.1. The first-order valence-corrected chi connectivity index (χ1v) is 8.76. The van der Waals surface area contributed by atoms with Crippen LogP contribution < -0.4 is 15.4 Å². The third-order valence-corrected chi connectivity index (χ3v) is 4.66. The van der Waals surface area contributed by atoms with Crippen LogP contribution in [0.4, 0.5) is 5.95 Å². The summed E-state index contributed by atoms with van der Waals surface area (Å²) in [7, 11) is 1.71. The molecular weight excluding hydrogens is 332 g/mol. The Kier molecular flexibility index (Phi) is 5.68. The molecule has 1 aromatic heterocycles. The zero-order chi connectivity index (χ0) is 18.5. The van der Waals surface area contributed by atoms with Gasteiger partial charge in [-0.1, -0.05) is 17.7 Å². The summed E-state index contributed by atoms with van der Waals surface area (Å²) in [5.74, 6) is 0.935. The third kappa shape index (κ3) is 4.29. The molecule has 1 fully saturated rings. The minimum Gasteiger partial charge on any atom is -0.488 e. The number of carbonyl (C=O) groups excluding carboxylic acids is 1. The summed E-state index contributed by atoms with van der Waals surface area (Å²) in [4.78, 5) is 20.2. The predicted molar refractivity (Wildman–Crippen MR) is 98.2 cm³/mol. The lowest BCUT2D eigenvalue weighted by Crippen LogP contribution is -2.37. The number of hydrogen-bond acceptors (Lipinski definition) is 6. The summed E-state index contributed by atoms with van der Waals surface area (Å²) in [6, 6.07) is 7.78. The highest BCUT2D eigenvalue weighted by Gasteiger charge is 2.36. The van der Waals surface area contributed by atoms with E-state index in [0.29, 0.717) is 18.1 Å².